The van der Waals surface area contributed by atoms with Gasteiger partial charge in [0.2, 0.25) is 0 Å². The second-order valence-corrected chi connectivity index (χ2v) is 5.01. The summed E-state index contributed by atoms with van der Waals surface area (Å²) >= 11 is 3.43. The lowest BCUT2D eigenvalue weighted by Crippen LogP contribution is -2.24. The van der Waals surface area contributed by atoms with Crippen molar-refractivity contribution in [3.05, 3.63) is 46.2 Å². The molecule has 0 radical (unpaired) electrons. The van der Waals surface area contributed by atoms with Crippen LogP contribution in [0.25, 0.3) is 11.4 Å². The third-order valence-corrected chi connectivity index (χ3v) is 3.44. The molecule has 1 aliphatic heterocycles. The Hall–Kier alpha value is -1.26. The van der Waals surface area contributed by atoms with Crippen LogP contribution in [0, 0.1) is 0 Å². The first-order valence-corrected chi connectivity index (χ1v) is 6.44. The predicted molar refractivity (Wildman–Crippen MR) is 70.6 cm³/mol. The van der Waals surface area contributed by atoms with E-state index in [4.69, 9.17) is 0 Å². The molecule has 1 N–H and O–H groups in total. The fraction of sp³-hybridized carbons (Fsp3) is 0.231. The molecule has 17 heavy (non-hydrogen) atoms. The van der Waals surface area contributed by atoms with Crippen LogP contribution in [0.5, 0.6) is 0 Å². The average Bonchev–Trinajstić information content (AvgIpc) is 2.39. The number of fused-ring (bicyclic) bond motifs is 1. The number of halogens is 1. The Morgan fingerprint density at radius 2 is 2.00 bits per heavy atom. The van der Waals surface area contributed by atoms with Gasteiger partial charge in [0.15, 0.2) is 5.82 Å². The van der Waals surface area contributed by atoms with E-state index >= 15 is 0 Å². The Morgan fingerprint density at radius 1 is 1.18 bits per heavy atom. The second-order valence-electron chi connectivity index (χ2n) is 4.10. The molecule has 4 heteroatoms. The van der Waals surface area contributed by atoms with E-state index < -0.39 is 0 Å². The van der Waals surface area contributed by atoms with Crippen molar-refractivity contribution < 1.29 is 0 Å². The highest BCUT2D eigenvalue weighted by atomic mass is 79.9. The van der Waals surface area contributed by atoms with Crippen LogP contribution in [0.2, 0.25) is 0 Å². The zero-order valence-corrected chi connectivity index (χ0v) is 10.9. The highest BCUT2D eigenvalue weighted by Crippen LogP contribution is 2.20. The van der Waals surface area contributed by atoms with E-state index in [0.717, 1.165) is 35.4 Å². The molecular weight excluding hydrogens is 278 g/mol. The topological polar surface area (TPSA) is 37.8 Å². The Bertz CT molecular complexity index is 537. The molecule has 1 aromatic carbocycles. The minimum Gasteiger partial charge on any atom is -0.312 e. The van der Waals surface area contributed by atoms with Crippen molar-refractivity contribution in [1.82, 2.24) is 15.3 Å². The van der Waals surface area contributed by atoms with Gasteiger partial charge < -0.3 is 5.32 Å². The van der Waals surface area contributed by atoms with Crippen molar-refractivity contribution >= 4 is 15.9 Å². The first-order chi connectivity index (χ1) is 8.33. The fourth-order valence-electron chi connectivity index (χ4n) is 1.97. The molecule has 86 valence electrons. The van der Waals surface area contributed by atoms with Crippen molar-refractivity contribution in [3.63, 3.8) is 0 Å². The van der Waals surface area contributed by atoms with Crippen LogP contribution in [0.1, 0.15) is 11.3 Å². The summed E-state index contributed by atoms with van der Waals surface area (Å²) in [5, 5.41) is 3.32. The molecule has 2 aromatic rings. The van der Waals surface area contributed by atoms with E-state index in [2.05, 4.69) is 31.2 Å². The van der Waals surface area contributed by atoms with Crippen molar-refractivity contribution in [1.29, 1.82) is 0 Å². The number of rotatable bonds is 1. The average molecular weight is 290 g/mol. The Balaban J connectivity index is 2.01. The van der Waals surface area contributed by atoms with Crippen LogP contribution in [0.15, 0.2) is 34.9 Å². The molecule has 1 aromatic heterocycles. The molecule has 0 unspecified atom stereocenters. The number of hydrogen-bond acceptors (Lipinski definition) is 3. The third-order valence-electron chi connectivity index (χ3n) is 2.91. The summed E-state index contributed by atoms with van der Waals surface area (Å²) in [5.74, 6) is 0.818. The van der Waals surface area contributed by atoms with Gasteiger partial charge in [0.05, 0.1) is 5.69 Å². The van der Waals surface area contributed by atoms with Gasteiger partial charge >= 0.3 is 0 Å². The maximum atomic E-state index is 4.65. The second kappa shape index (κ2) is 4.55. The van der Waals surface area contributed by atoms with E-state index in [9.17, 15) is 0 Å². The molecular formula is C13H12BrN3. The Kier molecular flexibility index (Phi) is 2.91. The van der Waals surface area contributed by atoms with Crippen LogP contribution in [-0.2, 0) is 13.0 Å². The van der Waals surface area contributed by atoms with Gasteiger partial charge in [0, 0.05) is 41.3 Å². The molecule has 1 aliphatic rings. The Labute approximate surface area is 108 Å². The first-order valence-electron chi connectivity index (χ1n) is 5.64. The molecule has 0 saturated carbocycles. The van der Waals surface area contributed by atoms with Crippen LogP contribution in [-0.4, -0.2) is 16.5 Å². The predicted octanol–water partition coefficient (Wildman–Crippen LogP) is 2.55. The number of aromatic nitrogens is 2. The van der Waals surface area contributed by atoms with Crippen LogP contribution < -0.4 is 5.32 Å². The molecule has 0 bridgehead atoms. The van der Waals surface area contributed by atoms with E-state index in [1.165, 1.54) is 11.3 Å². The quantitative estimate of drug-likeness (QED) is 0.877. The zero-order chi connectivity index (χ0) is 11.7. The smallest absolute Gasteiger partial charge is 0.159 e. The molecule has 3 rings (SSSR count). The van der Waals surface area contributed by atoms with Gasteiger partial charge in [-0.1, -0.05) is 28.1 Å². The zero-order valence-electron chi connectivity index (χ0n) is 9.28. The summed E-state index contributed by atoms with van der Waals surface area (Å²) in [7, 11) is 0. The van der Waals surface area contributed by atoms with Gasteiger partial charge in [0.1, 0.15) is 0 Å². The fourth-order valence-corrected chi connectivity index (χ4v) is 2.24. The lowest BCUT2D eigenvalue weighted by molar-refractivity contribution is 0.626. The summed E-state index contributed by atoms with van der Waals surface area (Å²) in [4.78, 5) is 9.07. The molecule has 3 nitrogen and oxygen atoms in total. The molecule has 2 heterocycles. The largest absolute Gasteiger partial charge is 0.312 e. The van der Waals surface area contributed by atoms with Gasteiger partial charge in [-0.2, -0.15) is 0 Å². The summed E-state index contributed by atoms with van der Waals surface area (Å²) < 4.78 is 1.07. The van der Waals surface area contributed by atoms with Crippen LogP contribution >= 0.6 is 15.9 Å². The summed E-state index contributed by atoms with van der Waals surface area (Å²) in [6, 6.07) is 8.10. The van der Waals surface area contributed by atoms with Gasteiger partial charge in [-0.3, -0.25) is 0 Å². The van der Waals surface area contributed by atoms with Crippen molar-refractivity contribution in [3.8, 4) is 11.4 Å². The lowest BCUT2D eigenvalue weighted by atomic mass is 10.1. The van der Waals surface area contributed by atoms with Gasteiger partial charge in [-0.15, -0.1) is 0 Å². The van der Waals surface area contributed by atoms with E-state index in [-0.39, 0.29) is 0 Å². The lowest BCUT2D eigenvalue weighted by Gasteiger charge is -2.16. The molecule has 0 amide bonds. The summed E-state index contributed by atoms with van der Waals surface area (Å²) in [5.41, 5.74) is 3.46. The standard InChI is InChI=1S/C13H12BrN3/c14-11-3-1-9(2-4-11)13-16-8-10-7-15-6-5-12(10)17-13/h1-4,8,15H,5-7H2. The third kappa shape index (κ3) is 2.23. The first kappa shape index (κ1) is 10.9. The molecule has 0 spiro atoms. The number of nitrogens with one attached hydrogen (secondary N) is 1. The number of nitrogens with zero attached hydrogens (tertiary/aromatic N) is 2. The molecule has 0 fully saturated rings. The van der Waals surface area contributed by atoms with E-state index in [0.29, 0.717) is 0 Å². The SMILES string of the molecule is Brc1ccc(-c2ncc3c(n2)CCNC3)cc1. The molecule has 0 aliphatic carbocycles. The van der Waals surface area contributed by atoms with E-state index in [1.807, 2.05) is 30.5 Å². The number of benzene rings is 1. The highest BCUT2D eigenvalue weighted by molar-refractivity contribution is 9.10. The van der Waals surface area contributed by atoms with Crippen LogP contribution in [0.4, 0.5) is 0 Å². The van der Waals surface area contributed by atoms with Crippen molar-refractivity contribution in [2.45, 2.75) is 13.0 Å². The van der Waals surface area contributed by atoms with Crippen molar-refractivity contribution in [2.75, 3.05) is 6.54 Å². The summed E-state index contributed by atoms with van der Waals surface area (Å²) in [6.45, 7) is 1.89. The minimum atomic E-state index is 0.818. The van der Waals surface area contributed by atoms with Gasteiger partial charge in [-0.05, 0) is 12.1 Å². The maximum absolute atomic E-state index is 4.65. The normalized spacial score (nSPS) is 14.4. The monoisotopic (exact) mass is 289 g/mol. The highest BCUT2D eigenvalue weighted by Gasteiger charge is 2.12. The maximum Gasteiger partial charge on any atom is 0.159 e. The van der Waals surface area contributed by atoms with Crippen molar-refractivity contribution in [2.24, 2.45) is 0 Å². The van der Waals surface area contributed by atoms with E-state index in [1.54, 1.807) is 0 Å². The van der Waals surface area contributed by atoms with Crippen LogP contribution in [0.3, 0.4) is 0 Å². The van der Waals surface area contributed by atoms with Gasteiger partial charge in [-0.25, -0.2) is 9.97 Å². The minimum absolute atomic E-state index is 0.818. The Morgan fingerprint density at radius 3 is 2.82 bits per heavy atom. The van der Waals surface area contributed by atoms with Gasteiger partial charge in [0.25, 0.3) is 0 Å². The molecule has 0 saturated heterocycles. The molecule has 0 atom stereocenters. The summed E-state index contributed by atoms with van der Waals surface area (Å²) in [6.07, 6.45) is 2.92. The number of hydrogen-bond donors (Lipinski definition) is 1.